The van der Waals surface area contributed by atoms with Crippen molar-refractivity contribution in [1.82, 2.24) is 15.5 Å². The summed E-state index contributed by atoms with van der Waals surface area (Å²) in [5.41, 5.74) is 2.38. The van der Waals surface area contributed by atoms with Crippen LogP contribution in [-0.4, -0.2) is 64.4 Å². The number of aliphatic imine (C=N–C) groups is 1. The van der Waals surface area contributed by atoms with Crippen LogP contribution in [0.2, 0.25) is 0 Å². The molecule has 166 valence electrons. The molecule has 29 heavy (non-hydrogen) atoms. The minimum absolute atomic E-state index is 0. The summed E-state index contributed by atoms with van der Waals surface area (Å²) >= 11 is 0. The predicted molar refractivity (Wildman–Crippen MR) is 132 cm³/mol. The van der Waals surface area contributed by atoms with E-state index in [1.54, 1.807) is 7.05 Å². The van der Waals surface area contributed by atoms with Gasteiger partial charge >= 0.3 is 0 Å². The number of nitrogens with one attached hydrogen (secondary N) is 2. The van der Waals surface area contributed by atoms with Crippen LogP contribution >= 0.6 is 24.0 Å². The topological polar surface area (TPSA) is 58.1 Å². The number of aryl methyl sites for hydroxylation is 1. The molecule has 0 bridgehead atoms. The van der Waals surface area contributed by atoms with Crippen molar-refractivity contribution in [2.24, 2.45) is 10.9 Å². The maximum atomic E-state index is 6.07. The summed E-state index contributed by atoms with van der Waals surface area (Å²) in [7, 11) is 5.97. The van der Waals surface area contributed by atoms with Crippen LogP contribution in [0, 0.1) is 12.8 Å². The number of halogens is 1. The first-order chi connectivity index (χ1) is 13.5. The van der Waals surface area contributed by atoms with Gasteiger partial charge in [-0.3, -0.25) is 4.99 Å². The van der Waals surface area contributed by atoms with Crippen LogP contribution < -0.4 is 15.4 Å². The number of rotatable bonds is 12. The summed E-state index contributed by atoms with van der Waals surface area (Å²) in [6.07, 6.45) is 3.75. The molecule has 1 aromatic carbocycles. The Morgan fingerprint density at radius 2 is 2.03 bits per heavy atom. The molecule has 0 aliphatic heterocycles. The zero-order valence-corrected chi connectivity index (χ0v) is 21.0. The lowest BCUT2D eigenvalue weighted by Crippen LogP contribution is -2.42. The summed E-state index contributed by atoms with van der Waals surface area (Å²) in [5, 5.41) is 6.80. The van der Waals surface area contributed by atoms with E-state index < -0.39 is 0 Å². The molecule has 1 unspecified atom stereocenters. The van der Waals surface area contributed by atoms with E-state index in [0.29, 0.717) is 6.54 Å². The van der Waals surface area contributed by atoms with Gasteiger partial charge < -0.3 is 25.0 Å². The largest absolute Gasteiger partial charge is 0.493 e. The highest BCUT2D eigenvalue weighted by Crippen LogP contribution is 2.30. The highest BCUT2D eigenvalue weighted by atomic mass is 127. The zero-order valence-electron chi connectivity index (χ0n) is 18.7. The molecule has 1 aromatic rings. The Morgan fingerprint density at radius 3 is 2.66 bits per heavy atom. The van der Waals surface area contributed by atoms with Gasteiger partial charge in [0.05, 0.1) is 12.7 Å². The van der Waals surface area contributed by atoms with Gasteiger partial charge in [0.2, 0.25) is 0 Å². The molecular weight excluding hydrogens is 479 g/mol. The van der Waals surface area contributed by atoms with Crippen molar-refractivity contribution >= 4 is 29.9 Å². The first-order valence-electron chi connectivity index (χ1n) is 10.4. The lowest BCUT2D eigenvalue weighted by Gasteiger charge is -2.21. The molecule has 0 radical (unpaired) electrons. The molecule has 1 atom stereocenters. The Hall–Kier alpha value is -1.06. The lowest BCUT2D eigenvalue weighted by atomic mass is 10.1. The van der Waals surface area contributed by atoms with Crippen LogP contribution in [0.5, 0.6) is 5.75 Å². The molecule has 0 heterocycles. The monoisotopic (exact) mass is 518 g/mol. The number of guanidine groups is 1. The number of hydrogen-bond donors (Lipinski definition) is 2. The average molecular weight is 518 g/mol. The van der Waals surface area contributed by atoms with Crippen LogP contribution in [0.4, 0.5) is 0 Å². The molecule has 0 saturated heterocycles. The van der Waals surface area contributed by atoms with E-state index in [4.69, 9.17) is 9.47 Å². The maximum absolute atomic E-state index is 6.07. The molecule has 2 rings (SSSR count). The molecule has 1 aliphatic carbocycles. The standard InChI is InChI=1S/C22H38N4O2.HI/c1-6-27-20(11-12-26(4)5)15-25-22(23-3)24-14-19-10-7-17(2)13-21(19)28-16-18-8-9-18;/h7,10,13,18,20H,6,8-9,11-12,14-16H2,1-5H3,(H2,23,24,25);1H. The zero-order chi connectivity index (χ0) is 20.4. The van der Waals surface area contributed by atoms with Gasteiger partial charge in [0.15, 0.2) is 5.96 Å². The van der Waals surface area contributed by atoms with E-state index in [-0.39, 0.29) is 30.1 Å². The minimum atomic E-state index is 0. The van der Waals surface area contributed by atoms with Crippen molar-refractivity contribution in [1.29, 1.82) is 0 Å². The van der Waals surface area contributed by atoms with Gasteiger partial charge in [0, 0.05) is 38.9 Å². The highest BCUT2D eigenvalue weighted by Gasteiger charge is 2.22. The van der Waals surface area contributed by atoms with E-state index in [1.807, 2.05) is 6.92 Å². The van der Waals surface area contributed by atoms with Crippen LogP contribution in [0.1, 0.15) is 37.3 Å². The second-order valence-electron chi connectivity index (χ2n) is 7.84. The third-order valence-electron chi connectivity index (χ3n) is 4.86. The third kappa shape index (κ3) is 10.5. The molecular formula is C22H39IN4O2. The average Bonchev–Trinajstić information content (AvgIpc) is 3.49. The van der Waals surface area contributed by atoms with Gasteiger partial charge in [0.25, 0.3) is 0 Å². The summed E-state index contributed by atoms with van der Waals surface area (Å²) in [5.74, 6) is 2.50. The fourth-order valence-corrected chi connectivity index (χ4v) is 2.93. The van der Waals surface area contributed by atoms with Crippen LogP contribution in [-0.2, 0) is 11.3 Å². The molecule has 0 spiro atoms. The van der Waals surface area contributed by atoms with Crippen molar-refractivity contribution in [3.63, 3.8) is 0 Å². The van der Waals surface area contributed by atoms with Crippen LogP contribution in [0.25, 0.3) is 0 Å². The Bertz CT molecular complexity index is 621. The number of ether oxygens (including phenoxy) is 2. The number of nitrogens with zero attached hydrogens (tertiary/aromatic N) is 2. The van der Waals surface area contributed by atoms with Gasteiger partial charge in [-0.2, -0.15) is 0 Å². The number of hydrogen-bond acceptors (Lipinski definition) is 4. The molecule has 2 N–H and O–H groups in total. The van der Waals surface area contributed by atoms with Gasteiger partial charge in [-0.15, -0.1) is 24.0 Å². The van der Waals surface area contributed by atoms with Gasteiger partial charge in [-0.25, -0.2) is 0 Å². The summed E-state index contributed by atoms with van der Waals surface area (Å²) in [4.78, 5) is 6.53. The van der Waals surface area contributed by atoms with E-state index in [9.17, 15) is 0 Å². The quantitative estimate of drug-likeness (QED) is 0.252. The van der Waals surface area contributed by atoms with E-state index >= 15 is 0 Å². The predicted octanol–water partition coefficient (Wildman–Crippen LogP) is 3.42. The minimum Gasteiger partial charge on any atom is -0.493 e. The SMILES string of the molecule is CCOC(CCN(C)C)CNC(=NC)NCc1ccc(C)cc1OCC1CC1.I. The smallest absolute Gasteiger partial charge is 0.191 e. The molecule has 1 aliphatic rings. The Kier molecular flexibility index (Phi) is 12.6. The summed E-state index contributed by atoms with van der Waals surface area (Å²) < 4.78 is 11.9. The van der Waals surface area contributed by atoms with E-state index in [2.05, 4.69) is 59.7 Å². The fraction of sp³-hybridized carbons (Fsp3) is 0.682. The summed E-state index contributed by atoms with van der Waals surface area (Å²) in [6.45, 7) is 8.10. The van der Waals surface area contributed by atoms with Crippen molar-refractivity contribution in [3.8, 4) is 5.75 Å². The Balaban J connectivity index is 0.00000420. The second kappa shape index (κ2) is 14.0. The van der Waals surface area contributed by atoms with Crippen molar-refractivity contribution < 1.29 is 9.47 Å². The van der Waals surface area contributed by atoms with Crippen molar-refractivity contribution in [2.45, 2.75) is 45.8 Å². The Labute approximate surface area is 193 Å². The maximum Gasteiger partial charge on any atom is 0.191 e. The third-order valence-corrected chi connectivity index (χ3v) is 4.86. The molecule has 1 fully saturated rings. The van der Waals surface area contributed by atoms with Crippen LogP contribution in [0.3, 0.4) is 0 Å². The molecule has 7 heteroatoms. The molecule has 1 saturated carbocycles. The fourth-order valence-electron chi connectivity index (χ4n) is 2.93. The molecule has 0 amide bonds. The van der Waals surface area contributed by atoms with Gasteiger partial charge in [-0.05, 0) is 64.8 Å². The van der Waals surface area contributed by atoms with Gasteiger partial charge in [0.1, 0.15) is 5.75 Å². The van der Waals surface area contributed by atoms with E-state index in [1.165, 1.54) is 18.4 Å². The van der Waals surface area contributed by atoms with E-state index in [0.717, 1.165) is 55.9 Å². The molecule has 6 nitrogen and oxygen atoms in total. The first kappa shape index (κ1) is 26.0. The first-order valence-corrected chi connectivity index (χ1v) is 10.4. The van der Waals surface area contributed by atoms with Crippen molar-refractivity contribution in [3.05, 3.63) is 29.3 Å². The van der Waals surface area contributed by atoms with Crippen LogP contribution in [0.15, 0.2) is 23.2 Å². The number of benzene rings is 1. The van der Waals surface area contributed by atoms with Crippen molar-refractivity contribution in [2.75, 3.05) is 47.4 Å². The van der Waals surface area contributed by atoms with Gasteiger partial charge in [-0.1, -0.05) is 12.1 Å². The Morgan fingerprint density at radius 1 is 1.28 bits per heavy atom. The highest BCUT2D eigenvalue weighted by molar-refractivity contribution is 14.0. The molecule has 0 aromatic heterocycles. The second-order valence-corrected chi connectivity index (χ2v) is 7.84. The summed E-state index contributed by atoms with van der Waals surface area (Å²) in [6, 6.07) is 6.39. The normalized spacial score (nSPS) is 15.0. The lowest BCUT2D eigenvalue weighted by molar-refractivity contribution is 0.0548.